The van der Waals surface area contributed by atoms with Crippen LogP contribution >= 0.6 is 22.6 Å². The van der Waals surface area contributed by atoms with Gasteiger partial charge in [-0.1, -0.05) is 0 Å². The fourth-order valence-electron chi connectivity index (χ4n) is 1.24. The highest BCUT2D eigenvalue weighted by Crippen LogP contribution is 2.18. The molecule has 0 atom stereocenters. The lowest BCUT2D eigenvalue weighted by molar-refractivity contribution is 0.236. The largest absolute Gasteiger partial charge is 0.333 e. The van der Waals surface area contributed by atoms with E-state index in [0.29, 0.717) is 9.26 Å². The molecule has 0 aliphatic rings. The minimum Gasteiger partial charge on any atom is -0.333 e. The minimum atomic E-state index is -0.470. The van der Waals surface area contributed by atoms with Gasteiger partial charge in [0, 0.05) is 9.11 Å². The maximum Gasteiger partial charge on any atom is 0.321 e. The summed E-state index contributed by atoms with van der Waals surface area (Å²) in [6.45, 7) is 5.52. The quantitative estimate of drug-likeness (QED) is 0.345. The first kappa shape index (κ1) is 15.7. The number of halogens is 2. The summed E-state index contributed by atoms with van der Waals surface area (Å²) < 4.78 is 13.5. The number of hydrogen-bond donors (Lipinski definition) is 4. The first-order valence-electron chi connectivity index (χ1n) is 5.57. The molecule has 0 heterocycles. The number of benzene rings is 1. The molecule has 0 aliphatic carbocycles. The number of amides is 2. The van der Waals surface area contributed by atoms with E-state index in [1.807, 2.05) is 43.4 Å². The molecular weight excluding hydrogens is 362 g/mol. The Kier molecular flexibility index (Phi) is 5.10. The van der Waals surface area contributed by atoms with Crippen LogP contribution in [0.2, 0.25) is 0 Å². The molecule has 7 heteroatoms. The van der Waals surface area contributed by atoms with Crippen LogP contribution in [0.5, 0.6) is 0 Å². The van der Waals surface area contributed by atoms with Crippen molar-refractivity contribution >= 4 is 40.3 Å². The zero-order valence-electron chi connectivity index (χ0n) is 10.9. The average molecular weight is 378 g/mol. The van der Waals surface area contributed by atoms with Crippen LogP contribution < -0.4 is 16.0 Å². The van der Waals surface area contributed by atoms with Crippen molar-refractivity contribution < 1.29 is 9.18 Å². The van der Waals surface area contributed by atoms with E-state index in [9.17, 15) is 9.18 Å². The van der Waals surface area contributed by atoms with Gasteiger partial charge in [-0.25, -0.2) is 9.18 Å². The summed E-state index contributed by atoms with van der Waals surface area (Å²) in [6.07, 6.45) is 0. The van der Waals surface area contributed by atoms with Crippen molar-refractivity contribution in [1.82, 2.24) is 10.6 Å². The third-order valence-electron chi connectivity index (χ3n) is 1.92. The molecule has 5 nitrogen and oxygen atoms in total. The predicted octanol–water partition coefficient (Wildman–Crippen LogP) is 2.87. The molecule has 0 spiro atoms. The van der Waals surface area contributed by atoms with Gasteiger partial charge in [0.15, 0.2) is 0 Å². The Labute approximate surface area is 125 Å². The van der Waals surface area contributed by atoms with Crippen LogP contribution in [-0.2, 0) is 0 Å². The van der Waals surface area contributed by atoms with Crippen molar-refractivity contribution in [1.29, 1.82) is 5.41 Å². The van der Waals surface area contributed by atoms with E-state index in [1.54, 1.807) is 0 Å². The summed E-state index contributed by atoms with van der Waals surface area (Å²) in [7, 11) is 0. The number of rotatable bonds is 1. The van der Waals surface area contributed by atoms with Crippen molar-refractivity contribution in [3.8, 4) is 0 Å². The van der Waals surface area contributed by atoms with E-state index in [0.717, 1.165) is 0 Å². The summed E-state index contributed by atoms with van der Waals surface area (Å²) in [5.74, 6) is -0.522. The van der Waals surface area contributed by atoms with E-state index in [1.165, 1.54) is 18.2 Å². The molecule has 19 heavy (non-hydrogen) atoms. The molecule has 4 N–H and O–H groups in total. The van der Waals surface area contributed by atoms with Gasteiger partial charge in [0.2, 0.25) is 5.96 Å². The van der Waals surface area contributed by atoms with E-state index < -0.39 is 6.03 Å². The SMILES string of the molecule is CC(C)(C)NC(=O)NC(=N)Nc1ccc(F)cc1I. The van der Waals surface area contributed by atoms with Gasteiger partial charge in [-0.15, -0.1) is 0 Å². The van der Waals surface area contributed by atoms with Crippen molar-refractivity contribution in [2.75, 3.05) is 5.32 Å². The molecule has 1 rings (SSSR count). The van der Waals surface area contributed by atoms with Crippen LogP contribution in [0.4, 0.5) is 14.9 Å². The molecule has 0 bridgehead atoms. The zero-order valence-corrected chi connectivity index (χ0v) is 13.1. The van der Waals surface area contributed by atoms with Gasteiger partial charge in [0.1, 0.15) is 5.82 Å². The lowest BCUT2D eigenvalue weighted by atomic mass is 10.1. The minimum absolute atomic E-state index is 0.175. The molecule has 1 aromatic rings. The molecule has 2 amide bonds. The lowest BCUT2D eigenvalue weighted by Crippen LogP contribution is -2.49. The van der Waals surface area contributed by atoms with Crippen LogP contribution in [0.15, 0.2) is 18.2 Å². The summed E-state index contributed by atoms with van der Waals surface area (Å²) in [5.41, 5.74) is 0.178. The topological polar surface area (TPSA) is 77.0 Å². The van der Waals surface area contributed by atoms with Gasteiger partial charge in [-0.2, -0.15) is 0 Å². The molecule has 0 unspecified atom stereocenters. The molecule has 0 saturated carbocycles. The number of carbonyl (C=O) groups is 1. The first-order chi connectivity index (χ1) is 8.67. The molecule has 0 aromatic heterocycles. The maximum atomic E-state index is 12.9. The summed E-state index contributed by atoms with van der Waals surface area (Å²) in [6, 6.07) is 3.66. The number of nitrogens with one attached hydrogen (secondary N) is 4. The second-order valence-electron chi connectivity index (χ2n) is 4.95. The van der Waals surface area contributed by atoms with Gasteiger partial charge in [-0.3, -0.25) is 10.7 Å². The van der Waals surface area contributed by atoms with Crippen LogP contribution in [0, 0.1) is 14.8 Å². The van der Waals surface area contributed by atoms with E-state index >= 15 is 0 Å². The van der Waals surface area contributed by atoms with Crippen molar-refractivity contribution in [2.45, 2.75) is 26.3 Å². The fraction of sp³-hybridized carbons (Fsp3) is 0.333. The highest BCUT2D eigenvalue weighted by atomic mass is 127. The molecule has 0 radical (unpaired) electrons. The molecule has 0 fully saturated rings. The van der Waals surface area contributed by atoms with E-state index in [4.69, 9.17) is 5.41 Å². The monoisotopic (exact) mass is 378 g/mol. The van der Waals surface area contributed by atoms with Gasteiger partial charge in [0.25, 0.3) is 0 Å². The normalized spacial score (nSPS) is 10.8. The summed E-state index contributed by atoms with van der Waals surface area (Å²) in [4.78, 5) is 11.5. The Morgan fingerprint density at radius 3 is 2.53 bits per heavy atom. The van der Waals surface area contributed by atoms with E-state index in [2.05, 4.69) is 16.0 Å². The van der Waals surface area contributed by atoms with Gasteiger partial charge in [0.05, 0.1) is 5.69 Å². The zero-order chi connectivity index (χ0) is 14.6. The molecule has 0 saturated heterocycles. The van der Waals surface area contributed by atoms with Crippen molar-refractivity contribution in [3.63, 3.8) is 0 Å². The van der Waals surface area contributed by atoms with Crippen molar-refractivity contribution in [3.05, 3.63) is 27.6 Å². The van der Waals surface area contributed by atoms with Crippen LogP contribution in [-0.4, -0.2) is 17.5 Å². The highest BCUT2D eigenvalue weighted by molar-refractivity contribution is 14.1. The Morgan fingerprint density at radius 2 is 2.00 bits per heavy atom. The third kappa shape index (κ3) is 5.86. The Bertz CT molecular complexity index is 499. The van der Waals surface area contributed by atoms with Crippen LogP contribution in [0.3, 0.4) is 0 Å². The molecular formula is C12H16FIN4O. The Balaban J connectivity index is 2.58. The second kappa shape index (κ2) is 6.18. The standard InChI is InChI=1S/C12H16FIN4O/c1-12(2,3)18-11(19)17-10(15)16-9-5-4-7(13)6-8(9)14/h4-6H,1-3H3,(H4,15,16,17,18,19). The molecule has 104 valence electrons. The second-order valence-corrected chi connectivity index (χ2v) is 6.12. The third-order valence-corrected chi connectivity index (χ3v) is 2.81. The summed E-state index contributed by atoms with van der Waals surface area (Å²) in [5, 5.41) is 15.3. The molecule has 0 aliphatic heterocycles. The highest BCUT2D eigenvalue weighted by Gasteiger charge is 2.14. The lowest BCUT2D eigenvalue weighted by Gasteiger charge is -2.21. The predicted molar refractivity (Wildman–Crippen MR) is 81.9 cm³/mol. The smallest absolute Gasteiger partial charge is 0.321 e. The maximum absolute atomic E-state index is 12.9. The number of hydrogen-bond acceptors (Lipinski definition) is 2. The van der Waals surface area contributed by atoms with Gasteiger partial charge in [-0.05, 0) is 61.6 Å². The number of anilines is 1. The van der Waals surface area contributed by atoms with E-state index in [-0.39, 0.29) is 17.3 Å². The fourth-order valence-corrected chi connectivity index (χ4v) is 1.85. The average Bonchev–Trinajstić information content (AvgIpc) is 2.19. The Hall–Kier alpha value is -1.38. The Morgan fingerprint density at radius 1 is 1.37 bits per heavy atom. The van der Waals surface area contributed by atoms with Crippen LogP contribution in [0.25, 0.3) is 0 Å². The molecule has 1 aromatic carbocycles. The van der Waals surface area contributed by atoms with Crippen LogP contribution in [0.1, 0.15) is 20.8 Å². The first-order valence-corrected chi connectivity index (χ1v) is 6.65. The summed E-state index contributed by atoms with van der Waals surface area (Å²) >= 11 is 1.95. The number of guanidine groups is 1. The van der Waals surface area contributed by atoms with Crippen molar-refractivity contribution in [2.24, 2.45) is 0 Å². The van der Waals surface area contributed by atoms with Gasteiger partial charge >= 0.3 is 6.03 Å². The number of urea groups is 1. The number of carbonyl (C=O) groups excluding carboxylic acids is 1. The van der Waals surface area contributed by atoms with Gasteiger partial charge < -0.3 is 10.6 Å².